The second-order valence-corrected chi connectivity index (χ2v) is 8.28. The van der Waals surface area contributed by atoms with E-state index in [2.05, 4.69) is 40.2 Å². The molecule has 3 aromatic rings. The first-order chi connectivity index (χ1) is 14.6. The molecular formula is C23H26N4O3. The standard InChI is InChI=1S/C23H26N4O3/c1-14(2)24-17-13-18(27-9-7-26(8-10-27)11-12-28)21-20-19(17)22(29)15-5-3-4-6-16(15)23(20)30-25-21/h3-6,13-14,24,28H,7-12H2,1-2H3. The minimum Gasteiger partial charge on any atom is -0.395 e. The number of aromatic nitrogens is 1. The lowest BCUT2D eigenvalue weighted by molar-refractivity contribution is 0.104. The number of nitrogens with zero attached hydrogens (tertiary/aromatic N) is 3. The molecule has 0 saturated carbocycles. The number of anilines is 2. The number of nitrogens with one attached hydrogen (secondary N) is 1. The van der Waals surface area contributed by atoms with Gasteiger partial charge in [0.15, 0.2) is 11.5 Å². The van der Waals surface area contributed by atoms with E-state index in [1.165, 1.54) is 0 Å². The van der Waals surface area contributed by atoms with Gasteiger partial charge in [-0.2, -0.15) is 0 Å². The van der Waals surface area contributed by atoms with E-state index in [-0.39, 0.29) is 18.4 Å². The van der Waals surface area contributed by atoms with Crippen molar-refractivity contribution in [2.75, 3.05) is 49.5 Å². The average molecular weight is 406 g/mol. The highest BCUT2D eigenvalue weighted by atomic mass is 16.5. The van der Waals surface area contributed by atoms with Crippen LogP contribution in [0.3, 0.4) is 0 Å². The van der Waals surface area contributed by atoms with E-state index in [0.29, 0.717) is 23.4 Å². The van der Waals surface area contributed by atoms with Crippen molar-refractivity contribution in [3.63, 3.8) is 0 Å². The molecule has 0 amide bonds. The van der Waals surface area contributed by atoms with Gasteiger partial charge in [-0.1, -0.05) is 29.4 Å². The second kappa shape index (κ2) is 7.41. The monoisotopic (exact) mass is 406 g/mol. The Morgan fingerprint density at radius 3 is 2.60 bits per heavy atom. The second-order valence-electron chi connectivity index (χ2n) is 8.28. The summed E-state index contributed by atoms with van der Waals surface area (Å²) in [5.74, 6) is 0.677. The molecule has 0 unspecified atom stereocenters. The van der Waals surface area contributed by atoms with Crippen molar-refractivity contribution in [3.8, 4) is 11.3 Å². The molecule has 30 heavy (non-hydrogen) atoms. The molecule has 7 nitrogen and oxygen atoms in total. The zero-order chi connectivity index (χ0) is 20.8. The van der Waals surface area contributed by atoms with Crippen LogP contribution in [0.4, 0.5) is 11.4 Å². The molecule has 1 aliphatic carbocycles. The van der Waals surface area contributed by atoms with Gasteiger partial charge in [0.25, 0.3) is 0 Å². The topological polar surface area (TPSA) is 81.8 Å². The van der Waals surface area contributed by atoms with Gasteiger partial charge in [0.05, 0.1) is 23.2 Å². The number of benzene rings is 2. The summed E-state index contributed by atoms with van der Waals surface area (Å²) >= 11 is 0. The van der Waals surface area contributed by atoms with Crippen LogP contribution in [-0.2, 0) is 0 Å². The van der Waals surface area contributed by atoms with Gasteiger partial charge in [-0.25, -0.2) is 0 Å². The first kappa shape index (κ1) is 19.1. The normalized spacial score (nSPS) is 16.4. The number of hydrogen-bond acceptors (Lipinski definition) is 7. The maximum atomic E-state index is 13.4. The van der Waals surface area contributed by atoms with Crippen molar-refractivity contribution in [3.05, 3.63) is 41.5 Å². The third-order valence-electron chi connectivity index (χ3n) is 5.95. The van der Waals surface area contributed by atoms with Gasteiger partial charge in [-0.05, 0) is 19.9 Å². The predicted octanol–water partition coefficient (Wildman–Crippen LogP) is 2.97. The Morgan fingerprint density at radius 2 is 1.90 bits per heavy atom. The fourth-order valence-electron chi connectivity index (χ4n) is 4.56. The predicted molar refractivity (Wildman–Crippen MR) is 117 cm³/mol. The highest BCUT2D eigenvalue weighted by Crippen LogP contribution is 2.45. The molecule has 1 fully saturated rings. The number of β-amino-alcohol motifs (C(OH)–C–C–N with tert-alkyl or cyclic N) is 1. The van der Waals surface area contributed by atoms with Crippen molar-refractivity contribution in [1.29, 1.82) is 0 Å². The number of aliphatic hydroxyl groups excluding tert-OH is 1. The fourth-order valence-corrected chi connectivity index (χ4v) is 4.56. The lowest BCUT2D eigenvalue weighted by Crippen LogP contribution is -2.47. The number of piperazine rings is 1. The van der Waals surface area contributed by atoms with Crippen LogP contribution in [0.15, 0.2) is 34.9 Å². The average Bonchev–Trinajstić information content (AvgIpc) is 3.18. The van der Waals surface area contributed by atoms with Crippen LogP contribution < -0.4 is 10.2 Å². The third kappa shape index (κ3) is 2.97. The molecule has 1 aromatic heterocycles. The van der Waals surface area contributed by atoms with Gasteiger partial charge < -0.3 is 19.8 Å². The van der Waals surface area contributed by atoms with E-state index >= 15 is 0 Å². The Bertz CT molecular complexity index is 1110. The summed E-state index contributed by atoms with van der Waals surface area (Å²) in [7, 11) is 0. The summed E-state index contributed by atoms with van der Waals surface area (Å²) in [5, 5.41) is 17.9. The smallest absolute Gasteiger partial charge is 0.196 e. The maximum absolute atomic E-state index is 13.4. The molecule has 2 heterocycles. The van der Waals surface area contributed by atoms with Gasteiger partial charge in [-0.3, -0.25) is 9.69 Å². The number of fused-ring (bicyclic) bond motifs is 2. The van der Waals surface area contributed by atoms with E-state index in [1.807, 2.05) is 24.3 Å². The molecule has 1 aliphatic heterocycles. The molecule has 5 rings (SSSR count). The van der Waals surface area contributed by atoms with Gasteiger partial charge >= 0.3 is 0 Å². The van der Waals surface area contributed by atoms with E-state index < -0.39 is 0 Å². The van der Waals surface area contributed by atoms with Crippen molar-refractivity contribution in [2.24, 2.45) is 0 Å². The zero-order valence-corrected chi connectivity index (χ0v) is 17.3. The Balaban J connectivity index is 1.67. The van der Waals surface area contributed by atoms with Gasteiger partial charge in [0.1, 0.15) is 5.52 Å². The van der Waals surface area contributed by atoms with Crippen molar-refractivity contribution >= 4 is 28.1 Å². The summed E-state index contributed by atoms with van der Waals surface area (Å²) in [6.45, 7) is 8.44. The third-order valence-corrected chi connectivity index (χ3v) is 5.95. The molecule has 156 valence electrons. The largest absolute Gasteiger partial charge is 0.395 e. The maximum Gasteiger partial charge on any atom is 0.196 e. The summed E-state index contributed by atoms with van der Waals surface area (Å²) in [6.07, 6.45) is 0. The van der Waals surface area contributed by atoms with E-state index in [4.69, 9.17) is 4.52 Å². The minimum atomic E-state index is 0.00812. The Morgan fingerprint density at radius 1 is 1.17 bits per heavy atom. The Kier molecular flexibility index (Phi) is 4.72. The number of ketones is 1. The van der Waals surface area contributed by atoms with Crippen molar-refractivity contribution in [2.45, 2.75) is 19.9 Å². The van der Waals surface area contributed by atoms with Gasteiger partial charge in [0, 0.05) is 55.6 Å². The minimum absolute atomic E-state index is 0.00812. The lowest BCUT2D eigenvalue weighted by atomic mass is 9.86. The molecule has 1 saturated heterocycles. The van der Waals surface area contributed by atoms with Crippen LogP contribution in [0, 0.1) is 0 Å². The highest BCUT2D eigenvalue weighted by molar-refractivity contribution is 6.28. The van der Waals surface area contributed by atoms with E-state index in [0.717, 1.165) is 54.0 Å². The Labute approximate surface area is 175 Å². The summed E-state index contributed by atoms with van der Waals surface area (Å²) < 4.78 is 5.82. The van der Waals surface area contributed by atoms with Gasteiger partial charge in [0.2, 0.25) is 0 Å². The summed E-state index contributed by atoms with van der Waals surface area (Å²) in [4.78, 5) is 18.0. The molecule has 0 atom stereocenters. The lowest BCUT2D eigenvalue weighted by Gasteiger charge is -2.36. The number of rotatable bonds is 5. The van der Waals surface area contributed by atoms with E-state index in [1.54, 1.807) is 0 Å². The summed E-state index contributed by atoms with van der Waals surface area (Å²) in [6, 6.07) is 9.81. The Hall–Kier alpha value is -2.90. The molecule has 0 spiro atoms. The quantitative estimate of drug-likeness (QED) is 0.527. The number of carbonyl (C=O) groups excluding carboxylic acids is 1. The first-order valence-corrected chi connectivity index (χ1v) is 10.5. The molecule has 7 heteroatoms. The number of aliphatic hydroxyl groups is 1. The molecular weight excluding hydrogens is 380 g/mol. The van der Waals surface area contributed by atoms with Crippen LogP contribution in [0.5, 0.6) is 0 Å². The highest BCUT2D eigenvalue weighted by Gasteiger charge is 2.34. The van der Waals surface area contributed by atoms with Crippen molar-refractivity contribution in [1.82, 2.24) is 10.1 Å². The van der Waals surface area contributed by atoms with Crippen LogP contribution in [0.25, 0.3) is 22.2 Å². The van der Waals surface area contributed by atoms with Crippen LogP contribution in [0.2, 0.25) is 0 Å². The van der Waals surface area contributed by atoms with Crippen molar-refractivity contribution < 1.29 is 14.4 Å². The van der Waals surface area contributed by atoms with Crippen LogP contribution >= 0.6 is 0 Å². The van der Waals surface area contributed by atoms with Crippen LogP contribution in [-0.4, -0.2) is 66.3 Å². The van der Waals surface area contributed by atoms with Crippen LogP contribution in [0.1, 0.15) is 29.8 Å². The first-order valence-electron chi connectivity index (χ1n) is 10.5. The summed E-state index contributed by atoms with van der Waals surface area (Å²) in [5.41, 5.74) is 4.67. The molecule has 2 aromatic carbocycles. The zero-order valence-electron chi connectivity index (χ0n) is 17.3. The number of hydrogen-bond donors (Lipinski definition) is 2. The number of carbonyl (C=O) groups is 1. The van der Waals surface area contributed by atoms with E-state index in [9.17, 15) is 9.90 Å². The molecule has 2 N–H and O–H groups in total. The fraction of sp³-hybridized carbons (Fsp3) is 0.391. The molecule has 0 bridgehead atoms. The molecule has 2 aliphatic rings. The SMILES string of the molecule is CC(C)Nc1cc(N2CCN(CCO)CC2)c2noc3c2c1C(=O)c1ccccc1-3. The van der Waals surface area contributed by atoms with Gasteiger partial charge in [-0.15, -0.1) is 0 Å². The molecule has 0 radical (unpaired) electrons.